The number of hydrogen-bond acceptors (Lipinski definition) is 4. The summed E-state index contributed by atoms with van der Waals surface area (Å²) in [6.45, 7) is 0. The number of benzene rings is 1. The van der Waals surface area contributed by atoms with Gasteiger partial charge in [-0.15, -0.1) is 0 Å². The molecule has 3 aromatic rings. The summed E-state index contributed by atoms with van der Waals surface area (Å²) in [5.74, 6) is 0.493. The molecule has 0 aliphatic rings. The number of nitrogens with zero attached hydrogens (tertiary/aromatic N) is 2. The summed E-state index contributed by atoms with van der Waals surface area (Å²) in [4.78, 5) is 11.4. The lowest BCUT2D eigenvalue weighted by molar-refractivity contribution is 0.398. The minimum absolute atomic E-state index is 0.316. The van der Waals surface area contributed by atoms with Gasteiger partial charge in [0.2, 0.25) is 0 Å². The predicted molar refractivity (Wildman–Crippen MR) is 76.0 cm³/mol. The fourth-order valence-electron chi connectivity index (χ4n) is 1.79. The van der Waals surface area contributed by atoms with Gasteiger partial charge in [-0.3, -0.25) is 0 Å². The van der Waals surface area contributed by atoms with E-state index in [0.717, 1.165) is 15.9 Å². The lowest BCUT2D eigenvalue weighted by Crippen LogP contribution is -1.92. The van der Waals surface area contributed by atoms with Crippen LogP contribution < -0.4 is 4.74 Å². The van der Waals surface area contributed by atoms with Gasteiger partial charge >= 0.3 is 0 Å². The van der Waals surface area contributed by atoms with Crippen LogP contribution in [0.2, 0.25) is 5.15 Å². The van der Waals surface area contributed by atoms with E-state index in [1.165, 1.54) is 18.1 Å². The van der Waals surface area contributed by atoms with Gasteiger partial charge in [0.25, 0.3) is 0 Å². The van der Waals surface area contributed by atoms with Crippen molar-refractivity contribution in [3.05, 3.63) is 41.8 Å². The molecular weight excluding hydrogens is 282 g/mol. The smallest absolute Gasteiger partial charge is 0.188 e. The molecule has 2 heterocycles. The molecule has 0 unspecified atom stereocenters. The SMILES string of the molecule is COc1c(Cl)ncnc1Sc1cc2ccccc2[nH]1. The van der Waals surface area contributed by atoms with Gasteiger partial charge in [0.15, 0.2) is 10.9 Å². The van der Waals surface area contributed by atoms with Crippen LogP contribution >= 0.6 is 23.4 Å². The van der Waals surface area contributed by atoms with Crippen molar-refractivity contribution in [2.75, 3.05) is 7.11 Å². The van der Waals surface area contributed by atoms with Crippen LogP contribution in [0.5, 0.6) is 5.75 Å². The molecule has 2 aromatic heterocycles. The van der Waals surface area contributed by atoms with Crippen molar-refractivity contribution in [3.8, 4) is 5.75 Å². The van der Waals surface area contributed by atoms with E-state index in [-0.39, 0.29) is 0 Å². The third-order valence-electron chi connectivity index (χ3n) is 2.64. The van der Waals surface area contributed by atoms with Crippen molar-refractivity contribution in [2.24, 2.45) is 0 Å². The van der Waals surface area contributed by atoms with Gasteiger partial charge in [-0.2, -0.15) is 0 Å². The Labute approximate surface area is 119 Å². The summed E-state index contributed by atoms with van der Waals surface area (Å²) >= 11 is 7.44. The monoisotopic (exact) mass is 291 g/mol. The Morgan fingerprint density at radius 2 is 2.11 bits per heavy atom. The number of ether oxygens (including phenoxy) is 1. The molecular formula is C13H10ClN3OS. The summed E-state index contributed by atoms with van der Waals surface area (Å²) < 4.78 is 5.23. The Morgan fingerprint density at radius 1 is 1.26 bits per heavy atom. The van der Waals surface area contributed by atoms with E-state index < -0.39 is 0 Å². The molecule has 19 heavy (non-hydrogen) atoms. The summed E-state index contributed by atoms with van der Waals surface area (Å²) in [5, 5.41) is 3.14. The highest BCUT2D eigenvalue weighted by Gasteiger charge is 2.12. The van der Waals surface area contributed by atoms with Gasteiger partial charge in [0, 0.05) is 10.9 Å². The first kappa shape index (κ1) is 12.3. The number of fused-ring (bicyclic) bond motifs is 1. The Bertz CT molecular complexity index is 696. The number of nitrogens with one attached hydrogen (secondary N) is 1. The van der Waals surface area contributed by atoms with Gasteiger partial charge in [-0.1, -0.05) is 29.8 Å². The largest absolute Gasteiger partial charge is 0.491 e. The van der Waals surface area contributed by atoms with E-state index in [1.54, 1.807) is 7.11 Å². The molecule has 96 valence electrons. The van der Waals surface area contributed by atoms with Crippen molar-refractivity contribution < 1.29 is 4.74 Å². The molecule has 0 saturated heterocycles. The molecule has 0 atom stereocenters. The second-order valence-corrected chi connectivity index (χ2v) is 5.21. The lowest BCUT2D eigenvalue weighted by Gasteiger charge is -2.06. The first-order valence-electron chi connectivity index (χ1n) is 5.58. The highest BCUT2D eigenvalue weighted by molar-refractivity contribution is 7.99. The predicted octanol–water partition coefficient (Wildman–Crippen LogP) is 3.77. The molecule has 0 aliphatic carbocycles. The maximum Gasteiger partial charge on any atom is 0.188 e. The molecule has 0 saturated carbocycles. The Hall–Kier alpha value is -1.72. The number of H-pyrrole nitrogens is 1. The van der Waals surface area contributed by atoms with E-state index >= 15 is 0 Å². The Morgan fingerprint density at radius 3 is 2.89 bits per heavy atom. The fourth-order valence-corrected chi connectivity index (χ4v) is 2.98. The maximum absolute atomic E-state index is 5.97. The summed E-state index contributed by atoms with van der Waals surface area (Å²) in [6, 6.07) is 10.2. The van der Waals surface area contributed by atoms with Crippen LogP contribution in [0.15, 0.2) is 46.7 Å². The van der Waals surface area contributed by atoms with Crippen LogP contribution in [0.1, 0.15) is 0 Å². The average Bonchev–Trinajstić information content (AvgIpc) is 2.81. The van der Waals surface area contributed by atoms with E-state index in [1.807, 2.05) is 18.2 Å². The molecule has 4 nitrogen and oxygen atoms in total. The van der Waals surface area contributed by atoms with Crippen LogP contribution in [-0.4, -0.2) is 22.1 Å². The number of hydrogen-bond donors (Lipinski definition) is 1. The highest BCUT2D eigenvalue weighted by atomic mass is 35.5. The molecule has 0 bridgehead atoms. The van der Waals surface area contributed by atoms with Gasteiger partial charge in [-0.25, -0.2) is 9.97 Å². The second-order valence-electron chi connectivity index (χ2n) is 3.83. The Kier molecular flexibility index (Phi) is 3.31. The van der Waals surface area contributed by atoms with Crippen molar-refractivity contribution in [2.45, 2.75) is 10.1 Å². The standard InChI is InChI=1S/C13H10ClN3OS/c1-18-11-12(14)15-7-16-13(11)19-10-6-8-4-2-3-5-9(8)17-10/h2-7,17H,1H3. The number of methoxy groups -OCH3 is 1. The zero-order valence-corrected chi connectivity index (χ0v) is 11.6. The van der Waals surface area contributed by atoms with Crippen LogP contribution in [0.3, 0.4) is 0 Å². The maximum atomic E-state index is 5.97. The zero-order chi connectivity index (χ0) is 13.2. The van der Waals surface area contributed by atoms with Crippen LogP contribution in [0.25, 0.3) is 10.9 Å². The second kappa shape index (κ2) is 5.11. The zero-order valence-electron chi connectivity index (χ0n) is 10.1. The summed E-state index contributed by atoms with van der Waals surface area (Å²) in [7, 11) is 1.56. The van der Waals surface area contributed by atoms with E-state index in [0.29, 0.717) is 15.9 Å². The van der Waals surface area contributed by atoms with Crippen molar-refractivity contribution in [3.63, 3.8) is 0 Å². The average molecular weight is 292 g/mol. The summed E-state index contributed by atoms with van der Waals surface area (Å²) in [5.41, 5.74) is 1.09. The third kappa shape index (κ3) is 2.39. The molecule has 0 spiro atoms. The molecule has 6 heteroatoms. The van der Waals surface area contributed by atoms with E-state index in [4.69, 9.17) is 16.3 Å². The van der Waals surface area contributed by atoms with E-state index in [2.05, 4.69) is 27.1 Å². The molecule has 0 radical (unpaired) electrons. The molecule has 3 rings (SSSR count). The molecule has 0 amide bonds. The molecule has 1 N–H and O–H groups in total. The van der Waals surface area contributed by atoms with Crippen molar-refractivity contribution in [1.82, 2.24) is 15.0 Å². The minimum atomic E-state index is 0.316. The number of aromatic amines is 1. The molecule has 1 aromatic carbocycles. The number of para-hydroxylation sites is 1. The van der Waals surface area contributed by atoms with Crippen LogP contribution in [0, 0.1) is 0 Å². The first-order chi connectivity index (χ1) is 9.28. The first-order valence-corrected chi connectivity index (χ1v) is 6.77. The van der Waals surface area contributed by atoms with Gasteiger partial charge in [0.05, 0.1) is 12.1 Å². The number of aromatic nitrogens is 3. The molecule has 0 aliphatic heterocycles. The van der Waals surface area contributed by atoms with Gasteiger partial charge < -0.3 is 9.72 Å². The van der Waals surface area contributed by atoms with Crippen LogP contribution in [-0.2, 0) is 0 Å². The fraction of sp³-hybridized carbons (Fsp3) is 0.0769. The minimum Gasteiger partial charge on any atom is -0.491 e. The van der Waals surface area contributed by atoms with Gasteiger partial charge in [-0.05, 0) is 23.9 Å². The normalized spacial score (nSPS) is 10.8. The quantitative estimate of drug-likeness (QED) is 0.746. The molecule has 0 fully saturated rings. The number of rotatable bonds is 3. The van der Waals surface area contributed by atoms with Crippen LogP contribution in [0.4, 0.5) is 0 Å². The van der Waals surface area contributed by atoms with Crippen molar-refractivity contribution in [1.29, 1.82) is 0 Å². The number of halogens is 1. The topological polar surface area (TPSA) is 50.8 Å². The lowest BCUT2D eigenvalue weighted by atomic mass is 10.3. The van der Waals surface area contributed by atoms with Gasteiger partial charge in [0.1, 0.15) is 11.4 Å². The highest BCUT2D eigenvalue weighted by Crippen LogP contribution is 2.36. The van der Waals surface area contributed by atoms with E-state index in [9.17, 15) is 0 Å². The van der Waals surface area contributed by atoms with Crippen molar-refractivity contribution >= 4 is 34.3 Å². The summed E-state index contributed by atoms with van der Waals surface area (Å²) in [6.07, 6.45) is 1.43. The third-order valence-corrected chi connectivity index (χ3v) is 3.84. The Balaban J connectivity index is 1.99.